The lowest BCUT2D eigenvalue weighted by molar-refractivity contribution is 0.102. The van der Waals surface area contributed by atoms with E-state index >= 15 is 0 Å². The van der Waals surface area contributed by atoms with Crippen LogP contribution in [0.25, 0.3) is 22.3 Å². The van der Waals surface area contributed by atoms with Gasteiger partial charge in [0.15, 0.2) is 0 Å². The van der Waals surface area contributed by atoms with E-state index in [0.29, 0.717) is 29.4 Å². The molecular weight excluding hydrogens is 566 g/mol. The Labute approximate surface area is 266 Å². The number of likely N-dealkylation sites (N-methyl/N-ethyl adjacent to an activating group) is 1. The first kappa shape index (κ1) is 31.9. The molecule has 45 heavy (non-hydrogen) atoms. The van der Waals surface area contributed by atoms with Crippen LogP contribution < -0.4 is 24.3 Å². The fourth-order valence-corrected chi connectivity index (χ4v) is 5.34. The van der Waals surface area contributed by atoms with Crippen molar-refractivity contribution in [2.24, 2.45) is 0 Å². The summed E-state index contributed by atoms with van der Waals surface area (Å²) in [6, 6.07) is 27.1. The van der Waals surface area contributed by atoms with Crippen LogP contribution in [-0.4, -0.2) is 83.4 Å². The Bertz CT molecular complexity index is 1580. The zero-order chi connectivity index (χ0) is 31.8. The average molecular weight is 610 g/mol. The van der Waals surface area contributed by atoms with Crippen LogP contribution in [0.5, 0.6) is 23.0 Å². The van der Waals surface area contributed by atoms with Gasteiger partial charge in [0.25, 0.3) is 5.91 Å². The maximum atomic E-state index is 13.6. The minimum Gasteiger partial charge on any atom is -0.497 e. The van der Waals surface area contributed by atoms with Gasteiger partial charge in [0.1, 0.15) is 35.7 Å². The topological polar surface area (TPSA) is 72.5 Å². The van der Waals surface area contributed by atoms with E-state index in [1.54, 1.807) is 26.4 Å². The Hall–Kier alpha value is -4.53. The van der Waals surface area contributed by atoms with E-state index in [2.05, 4.69) is 34.3 Å². The third-order valence-corrected chi connectivity index (χ3v) is 8.02. The predicted molar refractivity (Wildman–Crippen MR) is 180 cm³/mol. The fraction of sp³-hybridized carbons (Fsp3) is 0.324. The van der Waals surface area contributed by atoms with Crippen molar-refractivity contribution in [1.82, 2.24) is 9.80 Å². The number of piperidine rings is 1. The third kappa shape index (κ3) is 8.35. The van der Waals surface area contributed by atoms with Gasteiger partial charge in [-0.15, -0.1) is 0 Å². The van der Waals surface area contributed by atoms with Gasteiger partial charge in [0.2, 0.25) is 0 Å². The van der Waals surface area contributed by atoms with E-state index in [1.165, 1.54) is 0 Å². The molecule has 1 saturated heterocycles. The van der Waals surface area contributed by atoms with E-state index in [1.807, 2.05) is 74.8 Å². The van der Waals surface area contributed by atoms with Crippen LogP contribution in [0, 0.1) is 0 Å². The van der Waals surface area contributed by atoms with Crippen molar-refractivity contribution in [3.05, 3.63) is 90.5 Å². The van der Waals surface area contributed by atoms with Gasteiger partial charge < -0.3 is 34.1 Å². The molecule has 8 nitrogen and oxygen atoms in total. The summed E-state index contributed by atoms with van der Waals surface area (Å²) in [6.45, 7) is 3.34. The number of likely N-dealkylation sites (tertiary alicyclic amines) is 1. The zero-order valence-corrected chi connectivity index (χ0v) is 26.8. The first-order valence-corrected chi connectivity index (χ1v) is 15.3. The van der Waals surface area contributed by atoms with Crippen molar-refractivity contribution in [2.75, 3.05) is 66.9 Å². The van der Waals surface area contributed by atoms with E-state index in [9.17, 15) is 4.79 Å². The molecule has 1 amide bonds. The summed E-state index contributed by atoms with van der Waals surface area (Å²) in [5, 5.41) is 3.07. The maximum absolute atomic E-state index is 13.6. The smallest absolute Gasteiger partial charge is 0.255 e. The maximum Gasteiger partial charge on any atom is 0.255 e. The second-order valence-electron chi connectivity index (χ2n) is 11.6. The molecule has 1 aliphatic rings. The Kier molecular flexibility index (Phi) is 10.6. The van der Waals surface area contributed by atoms with Gasteiger partial charge in [-0.1, -0.05) is 30.3 Å². The predicted octanol–water partition coefficient (Wildman–Crippen LogP) is 6.70. The number of carbonyl (C=O) groups excluding carboxylic acids is 1. The zero-order valence-electron chi connectivity index (χ0n) is 26.8. The number of hydrogen-bond donors (Lipinski definition) is 1. The number of ether oxygens (including phenoxy) is 4. The number of nitrogens with zero attached hydrogens (tertiary/aromatic N) is 2. The largest absolute Gasteiger partial charge is 0.497 e. The van der Waals surface area contributed by atoms with Crippen LogP contribution in [-0.2, 0) is 0 Å². The summed E-state index contributed by atoms with van der Waals surface area (Å²) in [5.41, 5.74) is 4.81. The van der Waals surface area contributed by atoms with Gasteiger partial charge >= 0.3 is 0 Å². The normalized spacial score (nSPS) is 13.8. The molecule has 4 aromatic carbocycles. The average Bonchev–Trinajstić information content (AvgIpc) is 3.06. The quantitative estimate of drug-likeness (QED) is 0.192. The molecule has 0 saturated carbocycles. The van der Waals surface area contributed by atoms with Gasteiger partial charge in [-0.25, -0.2) is 0 Å². The number of carbonyl (C=O) groups is 1. The summed E-state index contributed by atoms with van der Waals surface area (Å²) in [6.07, 6.45) is 2.33. The molecule has 0 unspecified atom stereocenters. The van der Waals surface area contributed by atoms with Crippen LogP contribution in [0.4, 0.5) is 5.69 Å². The molecule has 0 aliphatic carbocycles. The van der Waals surface area contributed by atoms with E-state index < -0.39 is 0 Å². The highest BCUT2D eigenvalue weighted by atomic mass is 16.5. The lowest BCUT2D eigenvalue weighted by Crippen LogP contribution is -2.35. The molecule has 236 valence electrons. The first-order chi connectivity index (χ1) is 21.8. The van der Waals surface area contributed by atoms with Crippen LogP contribution in [0.2, 0.25) is 0 Å². The van der Waals surface area contributed by atoms with Crippen molar-refractivity contribution in [3.63, 3.8) is 0 Å². The van der Waals surface area contributed by atoms with Crippen LogP contribution in [0.3, 0.4) is 0 Å². The van der Waals surface area contributed by atoms with Crippen LogP contribution >= 0.6 is 0 Å². The molecule has 5 rings (SSSR count). The highest BCUT2D eigenvalue weighted by Gasteiger charge is 2.19. The number of nitrogens with one attached hydrogen (secondary N) is 1. The number of benzene rings is 4. The van der Waals surface area contributed by atoms with Crippen molar-refractivity contribution >= 4 is 11.6 Å². The van der Waals surface area contributed by atoms with Crippen molar-refractivity contribution < 1.29 is 23.7 Å². The highest BCUT2D eigenvalue weighted by molar-refractivity contribution is 6.06. The lowest BCUT2D eigenvalue weighted by atomic mass is 10.0. The number of anilines is 1. The van der Waals surface area contributed by atoms with Gasteiger partial charge in [0, 0.05) is 30.8 Å². The van der Waals surface area contributed by atoms with Crippen LogP contribution in [0.15, 0.2) is 84.9 Å². The summed E-state index contributed by atoms with van der Waals surface area (Å²) in [7, 11) is 9.40. The van der Waals surface area contributed by atoms with E-state index in [0.717, 1.165) is 66.2 Å². The van der Waals surface area contributed by atoms with Gasteiger partial charge in [0.05, 0.1) is 19.9 Å². The number of rotatable bonds is 12. The summed E-state index contributed by atoms with van der Waals surface area (Å²) >= 11 is 0. The molecule has 0 bridgehead atoms. The molecule has 8 heteroatoms. The molecule has 0 atom stereocenters. The second-order valence-corrected chi connectivity index (χ2v) is 11.6. The number of methoxy groups -OCH3 is 2. The Morgan fingerprint density at radius 3 is 2.29 bits per heavy atom. The molecule has 1 N–H and O–H groups in total. The Morgan fingerprint density at radius 1 is 0.822 bits per heavy atom. The van der Waals surface area contributed by atoms with Crippen molar-refractivity contribution in [2.45, 2.75) is 18.9 Å². The third-order valence-electron chi connectivity index (χ3n) is 8.02. The summed E-state index contributed by atoms with van der Waals surface area (Å²) in [5.74, 6) is 2.63. The summed E-state index contributed by atoms with van der Waals surface area (Å²) < 4.78 is 23.5. The molecular formula is C37H43N3O5. The summed E-state index contributed by atoms with van der Waals surface area (Å²) in [4.78, 5) is 18.0. The minimum atomic E-state index is -0.248. The first-order valence-electron chi connectivity index (χ1n) is 15.3. The molecule has 0 radical (unpaired) electrons. The van der Waals surface area contributed by atoms with Gasteiger partial charge in [-0.3, -0.25) is 4.79 Å². The van der Waals surface area contributed by atoms with Gasteiger partial charge in [-0.2, -0.15) is 0 Å². The molecule has 0 spiro atoms. The molecule has 1 fully saturated rings. The Morgan fingerprint density at radius 2 is 1.58 bits per heavy atom. The van der Waals surface area contributed by atoms with Crippen molar-refractivity contribution in [1.29, 1.82) is 0 Å². The second kappa shape index (κ2) is 15.0. The van der Waals surface area contributed by atoms with E-state index in [4.69, 9.17) is 18.9 Å². The molecule has 1 aliphatic heterocycles. The standard InChI is InChI=1S/C37H43N3O5/c1-39(2)21-22-44-36-25-27(26-9-13-30(14-10-26)45-31-17-19-40(3)20-18-31)11-15-34(36)38-37(41)29-12-16-35(43-5)33(24-29)28-7-6-8-32(23-28)42-4/h6-16,23-25,31H,17-22H2,1-5H3,(H,38,41). The van der Waals surface area contributed by atoms with Crippen LogP contribution in [0.1, 0.15) is 23.2 Å². The van der Waals surface area contributed by atoms with E-state index in [-0.39, 0.29) is 12.0 Å². The lowest BCUT2D eigenvalue weighted by Gasteiger charge is -2.29. The number of amides is 1. The Balaban J connectivity index is 1.36. The van der Waals surface area contributed by atoms with Gasteiger partial charge in [-0.05, 0) is 105 Å². The molecule has 1 heterocycles. The fourth-order valence-electron chi connectivity index (χ4n) is 5.34. The minimum absolute atomic E-state index is 0.248. The highest BCUT2D eigenvalue weighted by Crippen LogP contribution is 2.35. The number of hydrogen-bond acceptors (Lipinski definition) is 7. The molecule has 0 aromatic heterocycles. The SMILES string of the molecule is COc1cccc(-c2cc(C(=O)Nc3ccc(-c4ccc(OC5CCN(C)CC5)cc4)cc3OCCN(C)C)ccc2OC)c1. The monoisotopic (exact) mass is 609 g/mol. The van der Waals surface area contributed by atoms with Crippen molar-refractivity contribution in [3.8, 4) is 45.3 Å². The molecule has 4 aromatic rings.